The van der Waals surface area contributed by atoms with E-state index >= 15 is 0 Å². The van der Waals surface area contributed by atoms with Crippen LogP contribution in [0.15, 0.2) is 24.3 Å². The monoisotopic (exact) mass is 319 g/mol. The van der Waals surface area contributed by atoms with E-state index in [1.807, 2.05) is 31.2 Å². The fraction of sp³-hybridized carbons (Fsp3) is 0.364. The van der Waals surface area contributed by atoms with E-state index in [0.717, 1.165) is 9.26 Å². The first-order valence-corrected chi connectivity index (χ1v) is 5.79. The molecule has 1 N–H and O–H groups in total. The van der Waals surface area contributed by atoms with Gasteiger partial charge in [-0.15, -0.1) is 0 Å². The maximum atomic E-state index is 11.2. The molecule has 3 nitrogen and oxygen atoms in total. The van der Waals surface area contributed by atoms with Crippen LogP contribution in [-0.2, 0) is 9.53 Å². The molecule has 82 valence electrons. The van der Waals surface area contributed by atoms with E-state index in [2.05, 4.69) is 32.6 Å². The summed E-state index contributed by atoms with van der Waals surface area (Å²) in [6.45, 7) is 2.43. The molecule has 1 unspecified atom stereocenters. The lowest BCUT2D eigenvalue weighted by molar-refractivity contribution is -0.144. The Balaban J connectivity index is 2.50. The van der Waals surface area contributed by atoms with E-state index in [-0.39, 0.29) is 11.9 Å². The SMILES string of the molecule is COC(=O)C(C)CNc1ccccc1I. The van der Waals surface area contributed by atoms with Gasteiger partial charge in [-0.1, -0.05) is 19.1 Å². The third-order valence-corrected chi connectivity index (χ3v) is 3.02. The minimum absolute atomic E-state index is 0.133. The van der Waals surface area contributed by atoms with Crippen molar-refractivity contribution in [2.75, 3.05) is 19.0 Å². The second-order valence-electron chi connectivity index (χ2n) is 3.28. The Labute approximate surface area is 103 Å². The first-order valence-electron chi connectivity index (χ1n) is 4.71. The number of para-hydroxylation sites is 1. The minimum atomic E-state index is -0.187. The summed E-state index contributed by atoms with van der Waals surface area (Å²) in [5.74, 6) is -0.320. The molecule has 0 fully saturated rings. The number of hydrogen-bond donors (Lipinski definition) is 1. The highest BCUT2D eigenvalue weighted by molar-refractivity contribution is 14.1. The van der Waals surface area contributed by atoms with Crippen molar-refractivity contribution in [2.24, 2.45) is 5.92 Å². The molecule has 0 spiro atoms. The van der Waals surface area contributed by atoms with Crippen molar-refractivity contribution >= 4 is 34.2 Å². The molecular weight excluding hydrogens is 305 g/mol. The third kappa shape index (κ3) is 3.70. The number of carbonyl (C=O) groups excluding carboxylic acids is 1. The van der Waals surface area contributed by atoms with E-state index in [0.29, 0.717) is 6.54 Å². The first-order chi connectivity index (χ1) is 7.15. The molecule has 0 saturated heterocycles. The van der Waals surface area contributed by atoms with Crippen LogP contribution in [0, 0.1) is 9.49 Å². The molecule has 0 aromatic heterocycles. The van der Waals surface area contributed by atoms with Crippen molar-refractivity contribution in [3.63, 3.8) is 0 Å². The molecule has 0 amide bonds. The molecule has 4 heteroatoms. The van der Waals surface area contributed by atoms with Gasteiger partial charge in [-0.3, -0.25) is 4.79 Å². The molecule has 0 aliphatic rings. The van der Waals surface area contributed by atoms with Crippen LogP contribution in [0.25, 0.3) is 0 Å². The Bertz CT molecular complexity index is 341. The topological polar surface area (TPSA) is 38.3 Å². The third-order valence-electron chi connectivity index (χ3n) is 2.08. The minimum Gasteiger partial charge on any atom is -0.469 e. The number of nitrogens with one attached hydrogen (secondary N) is 1. The van der Waals surface area contributed by atoms with Crippen LogP contribution in [0.1, 0.15) is 6.92 Å². The quantitative estimate of drug-likeness (QED) is 0.685. The summed E-state index contributed by atoms with van der Waals surface area (Å²) in [7, 11) is 1.41. The van der Waals surface area contributed by atoms with Crippen LogP contribution in [-0.4, -0.2) is 19.6 Å². The predicted molar refractivity (Wildman–Crippen MR) is 68.8 cm³/mol. The molecule has 0 heterocycles. The van der Waals surface area contributed by atoms with Gasteiger partial charge < -0.3 is 10.1 Å². The lowest BCUT2D eigenvalue weighted by atomic mass is 10.2. The average molecular weight is 319 g/mol. The predicted octanol–water partition coefficient (Wildman–Crippen LogP) is 2.51. The van der Waals surface area contributed by atoms with Gasteiger partial charge in [0.1, 0.15) is 0 Å². The molecule has 1 atom stereocenters. The summed E-state index contributed by atoms with van der Waals surface area (Å²) in [4.78, 5) is 11.2. The number of benzene rings is 1. The highest BCUT2D eigenvalue weighted by Crippen LogP contribution is 2.17. The molecule has 1 aromatic carbocycles. The number of rotatable bonds is 4. The van der Waals surface area contributed by atoms with E-state index in [4.69, 9.17) is 0 Å². The van der Waals surface area contributed by atoms with Crippen molar-refractivity contribution < 1.29 is 9.53 Å². The number of anilines is 1. The fourth-order valence-electron chi connectivity index (χ4n) is 1.15. The summed E-state index contributed by atoms with van der Waals surface area (Å²) in [6.07, 6.45) is 0. The standard InChI is InChI=1S/C11H14INO2/c1-8(11(14)15-2)7-13-10-6-4-3-5-9(10)12/h3-6,8,13H,7H2,1-2H3. The van der Waals surface area contributed by atoms with Crippen molar-refractivity contribution in [2.45, 2.75) is 6.92 Å². The largest absolute Gasteiger partial charge is 0.469 e. The zero-order valence-electron chi connectivity index (χ0n) is 8.79. The van der Waals surface area contributed by atoms with Crippen LogP contribution in [0.4, 0.5) is 5.69 Å². The molecular formula is C11H14INO2. The number of carbonyl (C=O) groups is 1. The summed E-state index contributed by atoms with van der Waals surface area (Å²) in [5, 5.41) is 3.22. The normalized spacial score (nSPS) is 11.9. The van der Waals surface area contributed by atoms with Crippen molar-refractivity contribution in [1.82, 2.24) is 0 Å². The van der Waals surface area contributed by atoms with Crippen molar-refractivity contribution in [1.29, 1.82) is 0 Å². The van der Waals surface area contributed by atoms with E-state index in [1.165, 1.54) is 7.11 Å². The first kappa shape index (κ1) is 12.3. The molecule has 0 aliphatic heterocycles. The number of ether oxygens (including phenoxy) is 1. The Morgan fingerprint density at radius 1 is 1.53 bits per heavy atom. The summed E-state index contributed by atoms with van der Waals surface area (Å²) in [6, 6.07) is 7.96. The summed E-state index contributed by atoms with van der Waals surface area (Å²) in [5.41, 5.74) is 1.05. The van der Waals surface area contributed by atoms with Gasteiger partial charge in [-0.2, -0.15) is 0 Å². The molecule has 1 rings (SSSR count). The Morgan fingerprint density at radius 2 is 2.20 bits per heavy atom. The number of hydrogen-bond acceptors (Lipinski definition) is 3. The fourth-order valence-corrected chi connectivity index (χ4v) is 1.73. The van der Waals surface area contributed by atoms with Gasteiger partial charge in [0.25, 0.3) is 0 Å². The van der Waals surface area contributed by atoms with Crippen LogP contribution in [0.5, 0.6) is 0 Å². The van der Waals surface area contributed by atoms with Gasteiger partial charge >= 0.3 is 5.97 Å². The molecule has 0 aliphatic carbocycles. The molecule has 1 aromatic rings. The zero-order chi connectivity index (χ0) is 11.3. The maximum Gasteiger partial charge on any atom is 0.310 e. The van der Waals surface area contributed by atoms with Gasteiger partial charge in [0.15, 0.2) is 0 Å². The van der Waals surface area contributed by atoms with E-state index < -0.39 is 0 Å². The van der Waals surface area contributed by atoms with Gasteiger partial charge in [-0.05, 0) is 34.7 Å². The van der Waals surface area contributed by atoms with Crippen molar-refractivity contribution in [3.8, 4) is 0 Å². The van der Waals surface area contributed by atoms with E-state index in [9.17, 15) is 4.79 Å². The van der Waals surface area contributed by atoms with Gasteiger partial charge in [0.2, 0.25) is 0 Å². The molecule has 0 bridgehead atoms. The number of esters is 1. The average Bonchev–Trinajstić information content (AvgIpc) is 2.26. The van der Waals surface area contributed by atoms with Gasteiger partial charge in [0.05, 0.1) is 13.0 Å². The van der Waals surface area contributed by atoms with Crippen LogP contribution in [0.3, 0.4) is 0 Å². The maximum absolute atomic E-state index is 11.2. The highest BCUT2D eigenvalue weighted by atomic mass is 127. The molecule has 0 saturated carbocycles. The zero-order valence-corrected chi connectivity index (χ0v) is 10.9. The van der Waals surface area contributed by atoms with Crippen LogP contribution < -0.4 is 5.32 Å². The molecule has 0 radical (unpaired) electrons. The second-order valence-corrected chi connectivity index (χ2v) is 4.45. The van der Waals surface area contributed by atoms with Crippen LogP contribution >= 0.6 is 22.6 Å². The smallest absolute Gasteiger partial charge is 0.310 e. The number of halogens is 1. The number of methoxy groups -OCH3 is 1. The molecule has 15 heavy (non-hydrogen) atoms. The van der Waals surface area contributed by atoms with Crippen molar-refractivity contribution in [3.05, 3.63) is 27.8 Å². The van der Waals surface area contributed by atoms with Gasteiger partial charge in [0, 0.05) is 15.8 Å². The van der Waals surface area contributed by atoms with E-state index in [1.54, 1.807) is 0 Å². The second kappa shape index (κ2) is 5.95. The lowest BCUT2D eigenvalue weighted by Gasteiger charge is -2.12. The Morgan fingerprint density at radius 3 is 2.80 bits per heavy atom. The Hall–Kier alpha value is -0.780. The summed E-state index contributed by atoms with van der Waals surface area (Å²) >= 11 is 2.26. The lowest BCUT2D eigenvalue weighted by Crippen LogP contribution is -2.21. The summed E-state index contributed by atoms with van der Waals surface area (Å²) < 4.78 is 5.80. The van der Waals surface area contributed by atoms with Crippen LogP contribution in [0.2, 0.25) is 0 Å². The highest BCUT2D eigenvalue weighted by Gasteiger charge is 2.12. The Kier molecular flexibility index (Phi) is 4.87. The van der Waals surface area contributed by atoms with Gasteiger partial charge in [-0.25, -0.2) is 0 Å².